The first-order valence-electron chi connectivity index (χ1n) is 2.43. The van der Waals surface area contributed by atoms with Crippen molar-refractivity contribution in [2.24, 2.45) is 0 Å². The summed E-state index contributed by atoms with van der Waals surface area (Å²) in [5.74, 6) is 0. The lowest BCUT2D eigenvalue weighted by Gasteiger charge is -2.07. The summed E-state index contributed by atoms with van der Waals surface area (Å²) in [4.78, 5) is 8.44. The van der Waals surface area contributed by atoms with Gasteiger partial charge in [-0.05, 0) is 6.92 Å². The molecule has 0 fully saturated rings. The highest BCUT2D eigenvalue weighted by Gasteiger charge is 2.20. The number of phosphoric acid groups is 1. The van der Waals surface area contributed by atoms with Gasteiger partial charge >= 0.3 is 7.82 Å². The van der Waals surface area contributed by atoms with Gasteiger partial charge in [-0.15, -0.1) is 0 Å². The van der Waals surface area contributed by atoms with E-state index < -0.39 is 13.9 Å². The molecule has 0 amide bonds. The first-order valence-corrected chi connectivity index (χ1v) is 4.24. The van der Waals surface area contributed by atoms with Gasteiger partial charge in [-0.25, -0.2) is 4.57 Å². The highest BCUT2D eigenvalue weighted by molar-refractivity contribution is 7.48. The lowest BCUT2D eigenvalue weighted by Crippen LogP contribution is -2.08. The van der Waals surface area contributed by atoms with Crippen LogP contribution < -0.4 is 0 Å². The maximum atomic E-state index is 10.4. The second-order valence-electron chi connectivity index (χ2n) is 1.68. The summed E-state index contributed by atoms with van der Waals surface area (Å²) in [6.07, 6.45) is -0.827. The minimum absolute atomic E-state index is 0.291. The van der Waals surface area contributed by atoms with E-state index in [2.05, 4.69) is 20.5 Å². The zero-order valence-electron chi connectivity index (χ0n) is 5.23. The Morgan fingerprint density at radius 2 is 2.30 bits per heavy atom. The van der Waals surface area contributed by atoms with Crippen LogP contribution in [-0.4, -0.2) is 22.7 Å². The molecule has 0 saturated carbocycles. The fourth-order valence-electron chi connectivity index (χ4n) is 0.222. The lowest BCUT2D eigenvalue weighted by molar-refractivity contribution is 0.100. The van der Waals surface area contributed by atoms with Crippen LogP contribution >= 0.6 is 19.7 Å². The zero-order valence-corrected chi connectivity index (χ0v) is 6.88. The summed E-state index contributed by atoms with van der Waals surface area (Å²) >= 11 is 4.56. The van der Waals surface area contributed by atoms with Crippen molar-refractivity contribution in [1.82, 2.24) is 0 Å². The molecule has 0 rings (SSSR count). The van der Waals surface area contributed by atoms with Gasteiger partial charge in [-0.2, -0.15) is 4.08 Å². The minimum atomic E-state index is -4.12. The van der Waals surface area contributed by atoms with Crippen LogP contribution in [-0.2, 0) is 13.2 Å². The van der Waals surface area contributed by atoms with Gasteiger partial charge in [-0.1, -0.05) is 0 Å². The van der Waals surface area contributed by atoms with Crippen LogP contribution in [0.2, 0.25) is 0 Å². The Bertz CT molecular complexity index is 137. The number of hydrogen-bond acceptors (Lipinski definition) is 4. The molecular weight excluding hydrogens is 182 g/mol. The molecule has 0 aliphatic heterocycles. The molecule has 10 heavy (non-hydrogen) atoms. The molecule has 7 heteroatoms. The molecule has 0 heterocycles. The number of hydrogen-bond donors (Lipinski definition) is 2. The van der Waals surface area contributed by atoms with Gasteiger partial charge in [0.2, 0.25) is 0 Å². The predicted octanol–water partition coefficient (Wildman–Crippen LogP) is 0.655. The number of phosphoric ester groups is 1. The molecule has 0 aliphatic rings. The van der Waals surface area contributed by atoms with Crippen molar-refractivity contribution >= 4 is 19.7 Å². The summed E-state index contributed by atoms with van der Waals surface area (Å²) in [5, 5.41) is 8.56. The Labute approximate surface area is 63.3 Å². The monoisotopic (exact) mass is 190 g/mol. The summed E-state index contributed by atoms with van der Waals surface area (Å²) < 4.78 is 18.0. The van der Waals surface area contributed by atoms with E-state index in [-0.39, 0.29) is 6.61 Å². The van der Waals surface area contributed by atoms with Crippen molar-refractivity contribution in [2.75, 3.05) is 6.61 Å². The molecule has 5 nitrogen and oxygen atoms in total. The van der Waals surface area contributed by atoms with Gasteiger partial charge in [0.1, 0.15) is 0 Å². The standard InChI is InChI=1S/C3H8ClO5P/c1-3(5)2-8-10(6,7)9-4/h3,5H,2H2,1H3,(H,6,7). The quantitative estimate of drug-likeness (QED) is 0.637. The van der Waals surface area contributed by atoms with E-state index in [1.807, 2.05) is 0 Å². The largest absolute Gasteiger partial charge is 0.488 e. The van der Waals surface area contributed by atoms with Gasteiger partial charge in [-0.3, -0.25) is 4.52 Å². The second-order valence-corrected chi connectivity index (χ2v) is 3.43. The van der Waals surface area contributed by atoms with Gasteiger partial charge in [0.15, 0.2) is 0 Å². The smallest absolute Gasteiger partial charge is 0.391 e. The molecule has 2 atom stereocenters. The third-order valence-corrected chi connectivity index (χ3v) is 1.74. The van der Waals surface area contributed by atoms with E-state index in [1.54, 1.807) is 0 Å². The van der Waals surface area contributed by atoms with Crippen molar-refractivity contribution in [1.29, 1.82) is 0 Å². The summed E-state index contributed by atoms with van der Waals surface area (Å²) in [5.41, 5.74) is 0. The topological polar surface area (TPSA) is 76.0 Å². The second kappa shape index (κ2) is 4.28. The molecule has 0 spiro atoms. The minimum Gasteiger partial charge on any atom is -0.391 e. The maximum absolute atomic E-state index is 10.4. The fourth-order valence-corrected chi connectivity index (χ4v) is 0.785. The van der Waals surface area contributed by atoms with E-state index in [1.165, 1.54) is 6.92 Å². The average molecular weight is 191 g/mol. The van der Waals surface area contributed by atoms with Crippen molar-refractivity contribution in [3.63, 3.8) is 0 Å². The molecule has 0 aliphatic carbocycles. The third kappa shape index (κ3) is 5.17. The van der Waals surface area contributed by atoms with Crippen LogP contribution in [0.15, 0.2) is 0 Å². The molecule has 0 bridgehead atoms. The number of rotatable bonds is 4. The Balaban J connectivity index is 3.58. The summed E-state index contributed by atoms with van der Waals surface area (Å²) in [6.45, 7) is 1.11. The molecule has 2 unspecified atom stereocenters. The van der Waals surface area contributed by atoms with Crippen LogP contribution in [0.3, 0.4) is 0 Å². The molecule has 0 saturated heterocycles. The Morgan fingerprint density at radius 1 is 1.80 bits per heavy atom. The van der Waals surface area contributed by atoms with E-state index in [4.69, 9.17) is 10.00 Å². The molecule has 0 aromatic heterocycles. The van der Waals surface area contributed by atoms with Crippen LogP contribution in [0.25, 0.3) is 0 Å². The lowest BCUT2D eigenvalue weighted by atomic mass is 10.5. The Kier molecular flexibility index (Phi) is 4.44. The predicted molar refractivity (Wildman–Crippen MR) is 34.4 cm³/mol. The highest BCUT2D eigenvalue weighted by Crippen LogP contribution is 2.44. The Morgan fingerprint density at radius 3 is 2.60 bits per heavy atom. The Hall–Kier alpha value is 0.360. The normalized spacial score (nSPS) is 20.0. The number of aliphatic hydroxyl groups is 1. The first kappa shape index (κ1) is 10.4. The number of aliphatic hydroxyl groups excluding tert-OH is 1. The molecule has 0 radical (unpaired) electrons. The van der Waals surface area contributed by atoms with Crippen LogP contribution in [0, 0.1) is 0 Å². The van der Waals surface area contributed by atoms with Crippen molar-refractivity contribution < 1.29 is 23.2 Å². The molecule has 0 aromatic rings. The third-order valence-electron chi connectivity index (χ3n) is 0.566. The molecular formula is C3H8ClO5P. The van der Waals surface area contributed by atoms with Gasteiger partial charge < -0.3 is 10.00 Å². The fraction of sp³-hybridized carbons (Fsp3) is 1.00. The van der Waals surface area contributed by atoms with Crippen LogP contribution in [0.5, 0.6) is 0 Å². The first-order chi connectivity index (χ1) is 4.48. The number of halogens is 1. The highest BCUT2D eigenvalue weighted by atomic mass is 35.5. The van der Waals surface area contributed by atoms with Gasteiger partial charge in [0.05, 0.1) is 24.6 Å². The molecule has 2 N–H and O–H groups in total. The SMILES string of the molecule is CC(O)COP(=O)(O)OCl. The van der Waals surface area contributed by atoms with Crippen molar-refractivity contribution in [2.45, 2.75) is 13.0 Å². The van der Waals surface area contributed by atoms with Gasteiger partial charge in [0.25, 0.3) is 0 Å². The van der Waals surface area contributed by atoms with Crippen molar-refractivity contribution in [3.8, 4) is 0 Å². The van der Waals surface area contributed by atoms with Crippen molar-refractivity contribution in [3.05, 3.63) is 0 Å². The average Bonchev–Trinajstić information content (AvgIpc) is 1.85. The van der Waals surface area contributed by atoms with E-state index in [9.17, 15) is 4.57 Å². The molecule has 62 valence electrons. The van der Waals surface area contributed by atoms with E-state index >= 15 is 0 Å². The molecule has 0 aromatic carbocycles. The van der Waals surface area contributed by atoms with E-state index in [0.717, 1.165) is 0 Å². The summed E-state index contributed by atoms with van der Waals surface area (Å²) in [7, 11) is -4.12. The van der Waals surface area contributed by atoms with Gasteiger partial charge in [0, 0.05) is 0 Å². The van der Waals surface area contributed by atoms with E-state index in [0.29, 0.717) is 0 Å². The zero-order chi connectivity index (χ0) is 8.20. The van der Waals surface area contributed by atoms with Crippen LogP contribution in [0.1, 0.15) is 6.92 Å². The van der Waals surface area contributed by atoms with Crippen LogP contribution in [0.4, 0.5) is 0 Å². The maximum Gasteiger partial charge on any atom is 0.488 e. The summed E-state index contributed by atoms with van der Waals surface area (Å²) in [6, 6.07) is 0.